The van der Waals surface area contributed by atoms with E-state index in [9.17, 15) is 19.2 Å². The maximum atomic E-state index is 12.2. The van der Waals surface area contributed by atoms with Crippen LogP contribution in [0.2, 0.25) is 0 Å². The Morgan fingerprint density at radius 1 is 0.920 bits per heavy atom. The molecule has 0 bridgehead atoms. The number of rotatable bonds is 10. The van der Waals surface area contributed by atoms with Gasteiger partial charge in [-0.2, -0.15) is 0 Å². The number of hydrogen-bond donors (Lipinski definition) is 5. The van der Waals surface area contributed by atoms with Crippen molar-refractivity contribution in [3.63, 3.8) is 0 Å². The molecule has 0 aliphatic rings. The number of nitrogens with one attached hydrogen (secondary N) is 3. The number of aliphatic carboxylic acids is 1. The summed E-state index contributed by atoms with van der Waals surface area (Å²) in [5, 5.41) is 15.9. The molecular weight excluding hydrogens is 328 g/mol. The summed E-state index contributed by atoms with van der Waals surface area (Å²) in [4.78, 5) is 46.8. The highest BCUT2D eigenvalue weighted by Gasteiger charge is 2.26. The molecule has 0 heterocycles. The van der Waals surface area contributed by atoms with Gasteiger partial charge < -0.3 is 26.8 Å². The Bertz CT molecular complexity index is 493. The van der Waals surface area contributed by atoms with Crippen LogP contribution in [0.1, 0.15) is 41.0 Å². The molecule has 0 saturated heterocycles. The fourth-order valence-electron chi connectivity index (χ4n) is 1.96. The van der Waals surface area contributed by atoms with Gasteiger partial charge in [0.1, 0.15) is 18.6 Å². The van der Waals surface area contributed by atoms with Crippen molar-refractivity contribution in [3.05, 3.63) is 0 Å². The van der Waals surface area contributed by atoms with Crippen molar-refractivity contribution in [2.24, 2.45) is 17.6 Å². The van der Waals surface area contributed by atoms with Crippen LogP contribution in [0, 0.1) is 11.8 Å². The summed E-state index contributed by atoms with van der Waals surface area (Å²) < 4.78 is 0. The van der Waals surface area contributed by atoms with Gasteiger partial charge in [0.15, 0.2) is 0 Å². The van der Waals surface area contributed by atoms with Crippen molar-refractivity contribution >= 4 is 23.7 Å². The van der Waals surface area contributed by atoms with Crippen molar-refractivity contribution in [2.45, 2.75) is 59.2 Å². The highest BCUT2D eigenvalue weighted by atomic mass is 16.4. The zero-order valence-electron chi connectivity index (χ0n) is 15.5. The van der Waals surface area contributed by atoms with Crippen LogP contribution in [0.5, 0.6) is 0 Å². The van der Waals surface area contributed by atoms with Gasteiger partial charge in [-0.25, -0.2) is 0 Å². The molecule has 3 unspecified atom stereocenters. The standard InChI is InChI=1S/C16H30N4O5/c1-8(2)6-11(15(24)18-7-12(21)22)20-14(23)10(5)19-16(25)13(17)9(3)4/h8-11,13H,6-7,17H2,1-5H3,(H,18,24)(H,19,25)(H,20,23)(H,21,22). The molecule has 0 aromatic rings. The van der Waals surface area contributed by atoms with Crippen LogP contribution >= 0.6 is 0 Å². The molecule has 0 rings (SSSR count). The fourth-order valence-corrected chi connectivity index (χ4v) is 1.96. The Labute approximate surface area is 148 Å². The molecule has 0 aromatic carbocycles. The van der Waals surface area contributed by atoms with E-state index in [-0.39, 0.29) is 11.8 Å². The van der Waals surface area contributed by atoms with Crippen LogP contribution in [0.4, 0.5) is 0 Å². The van der Waals surface area contributed by atoms with E-state index in [4.69, 9.17) is 10.8 Å². The second-order valence-corrected chi connectivity index (χ2v) is 6.80. The van der Waals surface area contributed by atoms with Gasteiger partial charge in [0.05, 0.1) is 6.04 Å². The van der Waals surface area contributed by atoms with Crippen LogP contribution in [0.3, 0.4) is 0 Å². The molecule has 9 heteroatoms. The summed E-state index contributed by atoms with van der Waals surface area (Å²) in [6, 6.07) is -2.50. The number of carbonyl (C=O) groups is 4. The van der Waals surface area contributed by atoms with Gasteiger partial charge in [-0.05, 0) is 25.2 Å². The number of carboxylic acids is 1. The first-order valence-corrected chi connectivity index (χ1v) is 8.31. The Morgan fingerprint density at radius 2 is 1.48 bits per heavy atom. The molecule has 144 valence electrons. The largest absolute Gasteiger partial charge is 0.480 e. The van der Waals surface area contributed by atoms with E-state index in [1.54, 1.807) is 13.8 Å². The summed E-state index contributed by atoms with van der Waals surface area (Å²) in [7, 11) is 0. The second kappa shape index (κ2) is 10.7. The number of carboxylic acid groups (broad SMARTS) is 1. The van der Waals surface area contributed by atoms with E-state index >= 15 is 0 Å². The average Bonchev–Trinajstić information content (AvgIpc) is 2.50. The molecule has 0 radical (unpaired) electrons. The zero-order chi connectivity index (χ0) is 19.7. The van der Waals surface area contributed by atoms with E-state index in [0.29, 0.717) is 6.42 Å². The van der Waals surface area contributed by atoms with Crippen LogP contribution in [-0.2, 0) is 19.2 Å². The minimum absolute atomic E-state index is 0.0780. The first-order valence-electron chi connectivity index (χ1n) is 8.31. The van der Waals surface area contributed by atoms with Crippen molar-refractivity contribution in [1.82, 2.24) is 16.0 Å². The van der Waals surface area contributed by atoms with Crippen molar-refractivity contribution < 1.29 is 24.3 Å². The topological polar surface area (TPSA) is 151 Å². The predicted octanol–water partition coefficient (Wildman–Crippen LogP) is -0.794. The van der Waals surface area contributed by atoms with Crippen LogP contribution in [0.15, 0.2) is 0 Å². The highest BCUT2D eigenvalue weighted by molar-refractivity contribution is 5.93. The molecule has 9 nitrogen and oxygen atoms in total. The molecule has 0 aliphatic carbocycles. The quantitative estimate of drug-likeness (QED) is 0.345. The van der Waals surface area contributed by atoms with Crippen LogP contribution in [0.25, 0.3) is 0 Å². The summed E-state index contributed by atoms with van der Waals surface area (Å²) in [6.07, 6.45) is 0.337. The Kier molecular flexibility index (Phi) is 9.73. The summed E-state index contributed by atoms with van der Waals surface area (Å²) >= 11 is 0. The molecule has 3 amide bonds. The molecular formula is C16H30N4O5. The number of amides is 3. The first kappa shape index (κ1) is 22.8. The maximum Gasteiger partial charge on any atom is 0.322 e. The molecule has 25 heavy (non-hydrogen) atoms. The van der Waals surface area contributed by atoms with Gasteiger partial charge >= 0.3 is 5.97 Å². The van der Waals surface area contributed by atoms with Crippen LogP contribution < -0.4 is 21.7 Å². The SMILES string of the molecule is CC(C)CC(NC(=O)C(C)NC(=O)C(N)C(C)C)C(=O)NCC(=O)O. The van der Waals surface area contributed by atoms with E-state index in [2.05, 4.69) is 16.0 Å². The summed E-state index contributed by atoms with van der Waals surface area (Å²) in [5.74, 6) is -2.73. The lowest BCUT2D eigenvalue weighted by molar-refractivity contribution is -0.138. The number of carbonyl (C=O) groups excluding carboxylic acids is 3. The molecule has 6 N–H and O–H groups in total. The fraction of sp³-hybridized carbons (Fsp3) is 0.750. The minimum atomic E-state index is -1.17. The van der Waals surface area contributed by atoms with E-state index in [1.807, 2.05) is 13.8 Å². The molecule has 0 aromatic heterocycles. The third kappa shape index (κ3) is 9.04. The van der Waals surface area contributed by atoms with Crippen LogP contribution in [-0.4, -0.2) is 53.5 Å². The van der Waals surface area contributed by atoms with Crippen molar-refractivity contribution in [3.8, 4) is 0 Å². The molecule has 0 spiro atoms. The number of hydrogen-bond acceptors (Lipinski definition) is 5. The predicted molar refractivity (Wildman–Crippen MR) is 92.4 cm³/mol. The van der Waals surface area contributed by atoms with E-state index in [0.717, 1.165) is 0 Å². The second-order valence-electron chi connectivity index (χ2n) is 6.80. The zero-order valence-corrected chi connectivity index (χ0v) is 15.5. The molecule has 0 fully saturated rings. The first-order chi connectivity index (χ1) is 11.5. The molecule has 0 saturated carbocycles. The lowest BCUT2D eigenvalue weighted by atomic mass is 10.0. The van der Waals surface area contributed by atoms with Gasteiger partial charge in [-0.3, -0.25) is 19.2 Å². The minimum Gasteiger partial charge on any atom is -0.480 e. The van der Waals surface area contributed by atoms with Crippen molar-refractivity contribution in [1.29, 1.82) is 0 Å². The Balaban J connectivity index is 4.81. The van der Waals surface area contributed by atoms with E-state index < -0.39 is 48.4 Å². The van der Waals surface area contributed by atoms with Gasteiger partial charge in [-0.1, -0.05) is 27.7 Å². The third-order valence-electron chi connectivity index (χ3n) is 3.53. The highest BCUT2D eigenvalue weighted by Crippen LogP contribution is 2.06. The summed E-state index contributed by atoms with van der Waals surface area (Å²) in [5.41, 5.74) is 5.73. The average molecular weight is 358 g/mol. The molecule has 3 atom stereocenters. The lowest BCUT2D eigenvalue weighted by Crippen LogP contribution is -2.55. The smallest absolute Gasteiger partial charge is 0.322 e. The Hall–Kier alpha value is -2.16. The monoisotopic (exact) mass is 358 g/mol. The van der Waals surface area contributed by atoms with Crippen molar-refractivity contribution in [2.75, 3.05) is 6.54 Å². The van der Waals surface area contributed by atoms with Gasteiger partial charge in [-0.15, -0.1) is 0 Å². The van der Waals surface area contributed by atoms with Gasteiger partial charge in [0.25, 0.3) is 0 Å². The normalized spacial score (nSPS) is 14.6. The number of nitrogens with two attached hydrogens (primary N) is 1. The maximum absolute atomic E-state index is 12.2. The third-order valence-corrected chi connectivity index (χ3v) is 3.53. The summed E-state index contributed by atoms with van der Waals surface area (Å²) in [6.45, 7) is 8.29. The van der Waals surface area contributed by atoms with Gasteiger partial charge in [0.2, 0.25) is 17.7 Å². The molecule has 0 aliphatic heterocycles. The Morgan fingerprint density at radius 3 is 1.92 bits per heavy atom. The van der Waals surface area contributed by atoms with E-state index in [1.165, 1.54) is 6.92 Å². The van der Waals surface area contributed by atoms with Gasteiger partial charge in [0, 0.05) is 0 Å². The lowest BCUT2D eigenvalue weighted by Gasteiger charge is -2.23.